The van der Waals surface area contributed by atoms with Crippen molar-refractivity contribution in [3.8, 4) is 0 Å². The van der Waals surface area contributed by atoms with Crippen LogP contribution in [0.3, 0.4) is 0 Å². The van der Waals surface area contributed by atoms with Gasteiger partial charge in [0.2, 0.25) is 0 Å². The van der Waals surface area contributed by atoms with Gasteiger partial charge in [-0.25, -0.2) is 0 Å². The van der Waals surface area contributed by atoms with E-state index in [0.29, 0.717) is 12.0 Å². The zero-order valence-electron chi connectivity index (χ0n) is 11.7. The summed E-state index contributed by atoms with van der Waals surface area (Å²) >= 11 is 0. The van der Waals surface area contributed by atoms with E-state index in [9.17, 15) is 4.79 Å². The maximum Gasteiger partial charge on any atom is 0.269 e. The second-order valence-corrected chi connectivity index (χ2v) is 5.31. The molecule has 0 radical (unpaired) electrons. The van der Waals surface area contributed by atoms with E-state index in [2.05, 4.69) is 28.9 Å². The molecule has 2 atom stereocenters. The first kappa shape index (κ1) is 13.8. The minimum Gasteiger partial charge on any atom is -0.364 e. The molecule has 0 aromatic carbocycles. The molecule has 0 aliphatic carbocycles. The quantitative estimate of drug-likeness (QED) is 0.880. The molecule has 1 saturated heterocycles. The summed E-state index contributed by atoms with van der Waals surface area (Å²) in [4.78, 5) is 13.3. The fourth-order valence-electron chi connectivity index (χ4n) is 2.93. The van der Waals surface area contributed by atoms with Crippen LogP contribution in [0.5, 0.6) is 0 Å². The Kier molecular flexibility index (Phi) is 4.35. The number of hydrogen-bond donors (Lipinski definition) is 1. The molecular weight excluding hydrogens is 240 g/mol. The lowest BCUT2D eigenvalue weighted by molar-refractivity contribution is 0.0994. The molecule has 1 aromatic heterocycles. The van der Waals surface area contributed by atoms with Gasteiger partial charge in [0.05, 0.1) is 0 Å². The Labute approximate surface area is 114 Å². The van der Waals surface area contributed by atoms with Gasteiger partial charge >= 0.3 is 0 Å². The van der Waals surface area contributed by atoms with E-state index in [-0.39, 0.29) is 5.69 Å². The molecule has 1 aliphatic rings. The van der Waals surface area contributed by atoms with E-state index in [4.69, 9.17) is 5.73 Å². The SMILES string of the molecule is CCCC(C)C1CCCN1c1ccc(C(N)=O)nn1. The zero-order chi connectivity index (χ0) is 13.8. The first-order valence-electron chi connectivity index (χ1n) is 7.03. The van der Waals surface area contributed by atoms with Gasteiger partial charge in [-0.15, -0.1) is 10.2 Å². The fraction of sp³-hybridized carbons (Fsp3) is 0.643. The van der Waals surface area contributed by atoms with Gasteiger partial charge in [0, 0.05) is 12.6 Å². The fourth-order valence-corrected chi connectivity index (χ4v) is 2.93. The molecule has 104 valence electrons. The summed E-state index contributed by atoms with van der Waals surface area (Å²) in [6.45, 7) is 5.54. The molecule has 0 spiro atoms. The van der Waals surface area contributed by atoms with Crippen molar-refractivity contribution in [3.63, 3.8) is 0 Å². The largest absolute Gasteiger partial charge is 0.364 e. The molecule has 1 fully saturated rings. The van der Waals surface area contributed by atoms with Crippen molar-refractivity contribution in [1.82, 2.24) is 10.2 Å². The Bertz CT molecular complexity index is 432. The second-order valence-electron chi connectivity index (χ2n) is 5.31. The summed E-state index contributed by atoms with van der Waals surface area (Å²) < 4.78 is 0. The second kappa shape index (κ2) is 5.99. The van der Waals surface area contributed by atoms with E-state index >= 15 is 0 Å². The number of amides is 1. The third-order valence-electron chi connectivity index (χ3n) is 3.90. The predicted octanol–water partition coefficient (Wildman–Crippen LogP) is 1.98. The summed E-state index contributed by atoms with van der Waals surface area (Å²) in [7, 11) is 0. The summed E-state index contributed by atoms with van der Waals surface area (Å²) in [5, 5.41) is 8.05. The van der Waals surface area contributed by atoms with Crippen molar-refractivity contribution < 1.29 is 4.79 Å². The highest BCUT2D eigenvalue weighted by atomic mass is 16.1. The Hall–Kier alpha value is -1.65. The van der Waals surface area contributed by atoms with Crippen LogP contribution in [-0.2, 0) is 0 Å². The number of nitrogens with two attached hydrogens (primary N) is 1. The number of anilines is 1. The van der Waals surface area contributed by atoms with Crippen LogP contribution >= 0.6 is 0 Å². The van der Waals surface area contributed by atoms with Crippen LogP contribution < -0.4 is 10.6 Å². The Balaban J connectivity index is 2.13. The molecule has 0 bridgehead atoms. The first-order chi connectivity index (χ1) is 9.13. The standard InChI is InChI=1S/C14H22N4O/c1-3-5-10(2)12-6-4-9-18(12)13-8-7-11(14(15)19)16-17-13/h7-8,10,12H,3-6,9H2,1-2H3,(H2,15,19). The molecule has 1 aliphatic heterocycles. The summed E-state index contributed by atoms with van der Waals surface area (Å²) in [6, 6.07) is 4.04. The molecule has 2 N–H and O–H groups in total. The van der Waals surface area contributed by atoms with E-state index in [1.807, 2.05) is 6.07 Å². The highest BCUT2D eigenvalue weighted by Gasteiger charge is 2.29. The monoisotopic (exact) mass is 262 g/mol. The third kappa shape index (κ3) is 3.03. The maximum absolute atomic E-state index is 11.0. The van der Waals surface area contributed by atoms with Crippen molar-refractivity contribution in [2.45, 2.75) is 45.6 Å². The van der Waals surface area contributed by atoms with Crippen LogP contribution in [0.2, 0.25) is 0 Å². The van der Waals surface area contributed by atoms with E-state index < -0.39 is 5.91 Å². The highest BCUT2D eigenvalue weighted by Crippen LogP contribution is 2.30. The van der Waals surface area contributed by atoms with Gasteiger partial charge in [-0.3, -0.25) is 4.79 Å². The van der Waals surface area contributed by atoms with Crippen molar-refractivity contribution in [1.29, 1.82) is 0 Å². The van der Waals surface area contributed by atoms with E-state index in [1.165, 1.54) is 25.7 Å². The predicted molar refractivity (Wildman–Crippen MR) is 75.0 cm³/mol. The zero-order valence-corrected chi connectivity index (χ0v) is 11.7. The molecule has 2 unspecified atom stereocenters. The first-order valence-corrected chi connectivity index (χ1v) is 7.03. The van der Waals surface area contributed by atoms with Crippen LogP contribution in [0.15, 0.2) is 12.1 Å². The van der Waals surface area contributed by atoms with Crippen LogP contribution in [-0.4, -0.2) is 28.7 Å². The van der Waals surface area contributed by atoms with Gasteiger partial charge in [-0.2, -0.15) is 0 Å². The lowest BCUT2D eigenvalue weighted by Gasteiger charge is -2.30. The topological polar surface area (TPSA) is 72.1 Å². The Morgan fingerprint density at radius 1 is 1.53 bits per heavy atom. The molecular formula is C14H22N4O. The average molecular weight is 262 g/mol. The van der Waals surface area contributed by atoms with Crippen molar-refractivity contribution >= 4 is 11.7 Å². The minimum absolute atomic E-state index is 0.223. The van der Waals surface area contributed by atoms with Gasteiger partial charge in [0.15, 0.2) is 11.5 Å². The normalized spacial score (nSPS) is 20.5. The minimum atomic E-state index is -0.531. The smallest absolute Gasteiger partial charge is 0.269 e. The van der Waals surface area contributed by atoms with Gasteiger partial charge in [-0.05, 0) is 37.3 Å². The summed E-state index contributed by atoms with van der Waals surface area (Å²) in [6.07, 6.45) is 4.84. The molecule has 1 amide bonds. The summed E-state index contributed by atoms with van der Waals surface area (Å²) in [5.74, 6) is 0.983. The van der Waals surface area contributed by atoms with Crippen molar-refractivity contribution in [2.24, 2.45) is 11.7 Å². The van der Waals surface area contributed by atoms with Crippen LogP contribution in [0.1, 0.15) is 50.0 Å². The molecule has 19 heavy (non-hydrogen) atoms. The number of carbonyl (C=O) groups is 1. The van der Waals surface area contributed by atoms with Gasteiger partial charge < -0.3 is 10.6 Å². The highest BCUT2D eigenvalue weighted by molar-refractivity contribution is 5.90. The molecule has 5 heteroatoms. The lowest BCUT2D eigenvalue weighted by Crippen LogP contribution is -2.35. The Morgan fingerprint density at radius 3 is 2.89 bits per heavy atom. The third-order valence-corrected chi connectivity index (χ3v) is 3.90. The van der Waals surface area contributed by atoms with Gasteiger partial charge in [0.25, 0.3) is 5.91 Å². The van der Waals surface area contributed by atoms with Crippen LogP contribution in [0, 0.1) is 5.92 Å². The number of hydrogen-bond acceptors (Lipinski definition) is 4. The van der Waals surface area contributed by atoms with E-state index in [1.54, 1.807) is 6.07 Å². The van der Waals surface area contributed by atoms with Crippen molar-refractivity contribution in [3.05, 3.63) is 17.8 Å². The lowest BCUT2D eigenvalue weighted by atomic mass is 9.95. The number of carbonyl (C=O) groups excluding carboxylic acids is 1. The Morgan fingerprint density at radius 2 is 2.32 bits per heavy atom. The summed E-state index contributed by atoms with van der Waals surface area (Å²) in [5.41, 5.74) is 5.40. The molecule has 2 heterocycles. The van der Waals surface area contributed by atoms with Gasteiger partial charge in [0.1, 0.15) is 0 Å². The van der Waals surface area contributed by atoms with Crippen LogP contribution in [0.4, 0.5) is 5.82 Å². The van der Waals surface area contributed by atoms with Crippen LogP contribution in [0.25, 0.3) is 0 Å². The molecule has 5 nitrogen and oxygen atoms in total. The number of nitrogens with zero attached hydrogens (tertiary/aromatic N) is 3. The maximum atomic E-state index is 11.0. The van der Waals surface area contributed by atoms with Gasteiger partial charge in [-0.1, -0.05) is 20.3 Å². The molecule has 2 rings (SSSR count). The molecule has 1 aromatic rings. The average Bonchev–Trinajstić information content (AvgIpc) is 2.88. The number of aromatic nitrogens is 2. The van der Waals surface area contributed by atoms with E-state index in [0.717, 1.165) is 12.4 Å². The number of rotatable bonds is 5. The molecule has 0 saturated carbocycles. The van der Waals surface area contributed by atoms with Crippen molar-refractivity contribution in [2.75, 3.05) is 11.4 Å². The number of primary amides is 1.